The van der Waals surface area contributed by atoms with Crippen LogP contribution in [0.4, 0.5) is 0 Å². The number of nitrogens with zero attached hydrogens (tertiary/aromatic N) is 3. The molecule has 2 rings (SSSR count). The maximum atomic E-state index is 12.8. The van der Waals surface area contributed by atoms with Crippen LogP contribution < -0.4 is 0 Å². The molecule has 0 N–H and O–H groups in total. The third-order valence-corrected chi connectivity index (χ3v) is 6.94. The Bertz CT molecular complexity index is 846. The van der Waals surface area contributed by atoms with Crippen LogP contribution in [0, 0.1) is 0 Å². The monoisotopic (exact) mass is 425 g/mol. The lowest BCUT2D eigenvalue weighted by Gasteiger charge is -2.21. The minimum absolute atomic E-state index is 0.209. The highest BCUT2D eigenvalue weighted by molar-refractivity contribution is 8.00. The maximum Gasteiger partial charge on any atom is 0.274 e. The summed E-state index contributed by atoms with van der Waals surface area (Å²) in [7, 11) is -0.583. The highest BCUT2D eigenvalue weighted by atomic mass is 35.5. The molecule has 0 fully saturated rings. The number of hydrogen-bond acceptors (Lipinski definition) is 5. The van der Waals surface area contributed by atoms with Crippen LogP contribution in [0.1, 0.15) is 0 Å². The van der Waals surface area contributed by atoms with E-state index in [1.165, 1.54) is 17.2 Å². The van der Waals surface area contributed by atoms with E-state index in [1.54, 1.807) is 32.3 Å². The van der Waals surface area contributed by atoms with Crippen molar-refractivity contribution in [2.45, 2.75) is 15.3 Å². The first-order valence-corrected chi connectivity index (χ1v) is 10.0. The van der Waals surface area contributed by atoms with Crippen LogP contribution in [-0.2, 0) is 10.0 Å². The minimum Gasteiger partial charge on any atom is -0.289 e. The van der Waals surface area contributed by atoms with Crippen molar-refractivity contribution in [3.8, 4) is 0 Å². The Kier molecular flexibility index (Phi) is 6.28. The van der Waals surface area contributed by atoms with Crippen LogP contribution in [0.5, 0.6) is 0 Å². The fraction of sp³-hybridized carbons (Fsp3) is 0.214. The standard InChI is InChI=1S/C14H14Cl3N3O2S2/c1-4-13(19(2)3)24(21,22)20-14(12(17)8-18-20)23-11-6-9(15)5-10(16)7-11/h4-8,13H,1H2,2-3H3. The van der Waals surface area contributed by atoms with E-state index in [0.717, 1.165) is 15.8 Å². The average Bonchev–Trinajstić information content (AvgIpc) is 2.79. The van der Waals surface area contributed by atoms with Gasteiger partial charge in [-0.15, -0.1) is 10.7 Å². The summed E-state index contributed by atoms with van der Waals surface area (Å²) in [4.78, 5) is 2.16. The molecule has 0 saturated carbocycles. The van der Waals surface area contributed by atoms with E-state index < -0.39 is 15.4 Å². The first-order chi connectivity index (χ1) is 11.2. The molecule has 1 aromatic heterocycles. The molecule has 24 heavy (non-hydrogen) atoms. The van der Waals surface area contributed by atoms with Crippen molar-refractivity contribution in [2.75, 3.05) is 14.1 Å². The van der Waals surface area contributed by atoms with Crippen molar-refractivity contribution in [1.82, 2.24) is 14.1 Å². The van der Waals surface area contributed by atoms with E-state index in [-0.39, 0.29) is 10.0 Å². The molecule has 0 aliphatic rings. The van der Waals surface area contributed by atoms with Crippen molar-refractivity contribution in [2.24, 2.45) is 0 Å². The molecule has 1 unspecified atom stereocenters. The zero-order chi connectivity index (χ0) is 18.1. The number of hydrogen-bond donors (Lipinski definition) is 0. The highest BCUT2D eigenvalue weighted by Crippen LogP contribution is 2.37. The van der Waals surface area contributed by atoms with Crippen molar-refractivity contribution >= 4 is 56.6 Å². The summed E-state index contributed by atoms with van der Waals surface area (Å²) in [5.41, 5.74) is 0. The Morgan fingerprint density at radius 2 is 1.83 bits per heavy atom. The SMILES string of the molecule is C=CC(N(C)C)S(=O)(=O)n1ncc(Cl)c1Sc1cc(Cl)cc(Cl)c1. The van der Waals surface area contributed by atoms with E-state index in [4.69, 9.17) is 34.8 Å². The van der Waals surface area contributed by atoms with Crippen LogP contribution >= 0.6 is 46.6 Å². The second-order valence-electron chi connectivity index (χ2n) is 4.98. The van der Waals surface area contributed by atoms with Gasteiger partial charge in [0.25, 0.3) is 10.0 Å². The smallest absolute Gasteiger partial charge is 0.274 e. The summed E-state index contributed by atoms with van der Waals surface area (Å²) in [6.07, 6.45) is 2.61. The molecule has 0 aliphatic carbocycles. The first kappa shape index (κ1) is 19.6. The molecule has 0 spiro atoms. The lowest BCUT2D eigenvalue weighted by molar-refractivity contribution is 0.401. The molecule has 0 radical (unpaired) electrons. The number of likely N-dealkylation sites (N-methyl/N-ethyl adjacent to an activating group) is 1. The quantitative estimate of drug-likeness (QED) is 0.646. The molecule has 130 valence electrons. The van der Waals surface area contributed by atoms with Gasteiger partial charge >= 0.3 is 0 Å². The van der Waals surface area contributed by atoms with Gasteiger partial charge in [-0.25, -0.2) is 8.42 Å². The van der Waals surface area contributed by atoms with Crippen molar-refractivity contribution < 1.29 is 8.42 Å². The molecule has 5 nitrogen and oxygen atoms in total. The van der Waals surface area contributed by atoms with Gasteiger partial charge in [-0.05, 0) is 32.3 Å². The molecule has 2 aromatic rings. The largest absolute Gasteiger partial charge is 0.289 e. The van der Waals surface area contributed by atoms with E-state index in [0.29, 0.717) is 14.9 Å². The highest BCUT2D eigenvalue weighted by Gasteiger charge is 2.30. The summed E-state index contributed by atoms with van der Waals surface area (Å²) in [5, 5.41) is 4.30. The Balaban J connectivity index is 2.50. The fourth-order valence-corrected chi connectivity index (χ4v) is 5.70. The van der Waals surface area contributed by atoms with Gasteiger partial charge in [0.15, 0.2) is 5.37 Å². The predicted octanol–water partition coefficient (Wildman–Crippen LogP) is 4.25. The summed E-state index contributed by atoms with van der Waals surface area (Å²) in [6.45, 7) is 3.58. The summed E-state index contributed by atoms with van der Waals surface area (Å²) in [5.74, 6) is 0. The lowest BCUT2D eigenvalue weighted by atomic mass is 10.4. The van der Waals surface area contributed by atoms with Crippen molar-refractivity contribution in [3.63, 3.8) is 0 Å². The van der Waals surface area contributed by atoms with Crippen LogP contribution in [0.2, 0.25) is 15.1 Å². The maximum absolute atomic E-state index is 12.8. The Hall–Kier alpha value is -0.700. The number of rotatable bonds is 6. The number of halogens is 3. The Morgan fingerprint density at radius 3 is 2.33 bits per heavy atom. The molecule has 0 aliphatic heterocycles. The van der Waals surface area contributed by atoms with Crippen LogP contribution in [-0.4, -0.2) is 42.0 Å². The van der Waals surface area contributed by atoms with Gasteiger partial charge < -0.3 is 0 Å². The van der Waals surface area contributed by atoms with Crippen LogP contribution in [0.15, 0.2) is 47.0 Å². The van der Waals surface area contributed by atoms with E-state index in [1.807, 2.05) is 0 Å². The average molecular weight is 427 g/mol. The van der Waals surface area contributed by atoms with Crippen LogP contribution in [0.25, 0.3) is 0 Å². The third kappa shape index (κ3) is 4.09. The van der Waals surface area contributed by atoms with Crippen molar-refractivity contribution in [1.29, 1.82) is 0 Å². The fourth-order valence-electron chi connectivity index (χ4n) is 1.97. The van der Waals surface area contributed by atoms with E-state index in [9.17, 15) is 8.42 Å². The summed E-state index contributed by atoms with van der Waals surface area (Å²) in [6, 6.07) is 4.91. The lowest BCUT2D eigenvalue weighted by Crippen LogP contribution is -2.38. The number of aromatic nitrogens is 2. The van der Waals surface area contributed by atoms with Crippen LogP contribution in [0.3, 0.4) is 0 Å². The summed E-state index contributed by atoms with van der Waals surface area (Å²) >= 11 is 19.2. The predicted molar refractivity (Wildman–Crippen MR) is 99.8 cm³/mol. The molecule has 0 saturated heterocycles. The van der Waals surface area contributed by atoms with Gasteiger partial charge in [-0.2, -0.15) is 5.10 Å². The molecule has 0 amide bonds. The van der Waals surface area contributed by atoms with Crippen molar-refractivity contribution in [3.05, 3.63) is 52.1 Å². The molecule has 1 heterocycles. The Labute approximate surface area is 160 Å². The van der Waals surface area contributed by atoms with Gasteiger partial charge in [0.2, 0.25) is 0 Å². The van der Waals surface area contributed by atoms with Gasteiger partial charge in [0, 0.05) is 14.9 Å². The molecule has 10 heteroatoms. The third-order valence-electron chi connectivity index (χ3n) is 2.96. The minimum atomic E-state index is -3.86. The van der Waals surface area contributed by atoms with Gasteiger partial charge in [0.05, 0.1) is 11.2 Å². The molecule has 0 bridgehead atoms. The molecular weight excluding hydrogens is 413 g/mol. The van der Waals surface area contributed by atoms with Gasteiger partial charge in [-0.1, -0.05) is 52.6 Å². The molecular formula is C14H14Cl3N3O2S2. The van der Waals surface area contributed by atoms with Gasteiger partial charge in [-0.3, -0.25) is 4.90 Å². The second-order valence-corrected chi connectivity index (χ2v) is 9.18. The summed E-state index contributed by atoms with van der Waals surface area (Å²) < 4.78 is 26.6. The topological polar surface area (TPSA) is 55.2 Å². The zero-order valence-corrected chi connectivity index (χ0v) is 16.7. The molecule has 1 aromatic carbocycles. The second kappa shape index (κ2) is 7.68. The van der Waals surface area contributed by atoms with Gasteiger partial charge in [0.1, 0.15) is 5.03 Å². The van der Waals surface area contributed by atoms with E-state index >= 15 is 0 Å². The first-order valence-electron chi connectivity index (χ1n) is 6.57. The normalized spacial score (nSPS) is 13.2. The van der Waals surface area contributed by atoms with E-state index in [2.05, 4.69) is 11.7 Å². The molecule has 1 atom stereocenters. The Morgan fingerprint density at radius 1 is 1.25 bits per heavy atom. The zero-order valence-electron chi connectivity index (χ0n) is 12.8. The number of benzene rings is 1.